The minimum atomic E-state index is -1.25. The molecule has 0 aliphatic heterocycles. The minimum absolute atomic E-state index is 0.0130. The molecule has 6 heteroatoms. The molecule has 0 aliphatic carbocycles. The van der Waals surface area contributed by atoms with Gasteiger partial charge in [-0.1, -0.05) is 6.92 Å². The first-order valence-corrected chi connectivity index (χ1v) is 5.46. The lowest BCUT2D eigenvalue weighted by atomic mass is 10.2. The lowest BCUT2D eigenvalue weighted by molar-refractivity contribution is -0.123. The second-order valence-electron chi connectivity index (χ2n) is 3.62. The molecule has 18 heavy (non-hydrogen) atoms. The molecule has 0 unspecified atom stereocenters. The van der Waals surface area contributed by atoms with Crippen molar-refractivity contribution < 1.29 is 23.8 Å². The van der Waals surface area contributed by atoms with Crippen molar-refractivity contribution in [1.82, 2.24) is 5.32 Å². The van der Waals surface area contributed by atoms with E-state index in [-0.39, 0.29) is 23.8 Å². The highest BCUT2D eigenvalue weighted by atomic mass is 19.1. The summed E-state index contributed by atoms with van der Waals surface area (Å²) in [6, 6.07) is 3.07. The van der Waals surface area contributed by atoms with Crippen molar-refractivity contribution in [3.05, 3.63) is 29.6 Å². The van der Waals surface area contributed by atoms with Gasteiger partial charge in [-0.25, -0.2) is 9.18 Å². The Morgan fingerprint density at radius 1 is 1.39 bits per heavy atom. The molecule has 0 spiro atoms. The zero-order chi connectivity index (χ0) is 13.5. The highest BCUT2D eigenvalue weighted by molar-refractivity contribution is 5.88. The molecular weight excluding hydrogens is 241 g/mol. The standard InChI is InChI=1S/C12H14FNO4/c1-2-3-14-11(15)7-18-10-5-8(12(16)17)4-9(13)6-10/h4-6H,2-3,7H2,1H3,(H,14,15)(H,16,17). The van der Waals surface area contributed by atoms with Crippen molar-refractivity contribution in [3.8, 4) is 5.75 Å². The number of nitrogens with one attached hydrogen (secondary N) is 1. The van der Waals surface area contributed by atoms with Gasteiger partial charge in [0.05, 0.1) is 5.56 Å². The van der Waals surface area contributed by atoms with E-state index in [0.717, 1.165) is 18.6 Å². The molecule has 0 aromatic heterocycles. The van der Waals surface area contributed by atoms with Crippen molar-refractivity contribution in [3.63, 3.8) is 0 Å². The minimum Gasteiger partial charge on any atom is -0.484 e. The van der Waals surface area contributed by atoms with Crippen LogP contribution in [0.3, 0.4) is 0 Å². The molecule has 98 valence electrons. The summed E-state index contributed by atoms with van der Waals surface area (Å²) in [6.07, 6.45) is 0.800. The predicted octanol–water partition coefficient (Wildman–Crippen LogP) is 1.43. The third-order valence-corrected chi connectivity index (χ3v) is 2.06. The first-order chi connectivity index (χ1) is 8.52. The van der Waals surface area contributed by atoms with Crippen molar-refractivity contribution >= 4 is 11.9 Å². The van der Waals surface area contributed by atoms with Crippen LogP contribution in [0.1, 0.15) is 23.7 Å². The van der Waals surface area contributed by atoms with Crippen molar-refractivity contribution in [2.75, 3.05) is 13.2 Å². The van der Waals surface area contributed by atoms with Gasteiger partial charge < -0.3 is 15.2 Å². The molecule has 0 aliphatic rings. The van der Waals surface area contributed by atoms with E-state index in [1.807, 2.05) is 6.92 Å². The van der Waals surface area contributed by atoms with Crippen molar-refractivity contribution in [2.24, 2.45) is 0 Å². The average molecular weight is 255 g/mol. The summed E-state index contributed by atoms with van der Waals surface area (Å²) in [5.41, 5.74) is -0.223. The molecule has 0 radical (unpaired) electrons. The number of aromatic carboxylic acids is 1. The fourth-order valence-corrected chi connectivity index (χ4v) is 1.23. The Balaban J connectivity index is 2.62. The van der Waals surface area contributed by atoms with E-state index in [1.165, 1.54) is 6.07 Å². The van der Waals surface area contributed by atoms with E-state index in [2.05, 4.69) is 5.32 Å². The molecule has 0 atom stereocenters. The molecule has 0 heterocycles. The van der Waals surface area contributed by atoms with Crippen LogP contribution in [0.25, 0.3) is 0 Å². The van der Waals surface area contributed by atoms with E-state index in [4.69, 9.17) is 9.84 Å². The highest BCUT2D eigenvalue weighted by Crippen LogP contribution is 2.16. The van der Waals surface area contributed by atoms with Gasteiger partial charge in [-0.15, -0.1) is 0 Å². The fourth-order valence-electron chi connectivity index (χ4n) is 1.23. The molecule has 1 amide bonds. The molecule has 5 nitrogen and oxygen atoms in total. The van der Waals surface area contributed by atoms with Crippen LogP contribution in [-0.2, 0) is 4.79 Å². The molecule has 1 aromatic carbocycles. The number of carboxylic acid groups (broad SMARTS) is 1. The highest BCUT2D eigenvalue weighted by Gasteiger charge is 2.09. The summed E-state index contributed by atoms with van der Waals surface area (Å²) in [7, 11) is 0. The van der Waals surface area contributed by atoms with Crippen LogP contribution >= 0.6 is 0 Å². The number of hydrogen-bond acceptors (Lipinski definition) is 3. The van der Waals surface area contributed by atoms with Crippen LogP contribution < -0.4 is 10.1 Å². The summed E-state index contributed by atoms with van der Waals surface area (Å²) in [4.78, 5) is 21.9. The second-order valence-corrected chi connectivity index (χ2v) is 3.62. The number of carboxylic acids is 1. The SMILES string of the molecule is CCCNC(=O)COc1cc(F)cc(C(=O)O)c1. The van der Waals surface area contributed by atoms with Crippen molar-refractivity contribution in [1.29, 1.82) is 0 Å². The smallest absolute Gasteiger partial charge is 0.335 e. The zero-order valence-corrected chi connectivity index (χ0v) is 9.90. The summed E-state index contributed by atoms with van der Waals surface area (Å²) in [5.74, 6) is -2.30. The maximum Gasteiger partial charge on any atom is 0.335 e. The quantitative estimate of drug-likeness (QED) is 0.806. The largest absolute Gasteiger partial charge is 0.484 e. The Morgan fingerprint density at radius 3 is 2.72 bits per heavy atom. The number of carbonyl (C=O) groups excluding carboxylic acids is 1. The van der Waals surface area contributed by atoms with Crippen LogP contribution in [0, 0.1) is 5.82 Å². The third kappa shape index (κ3) is 4.40. The van der Waals surface area contributed by atoms with Gasteiger partial charge in [-0.05, 0) is 18.6 Å². The Hall–Kier alpha value is -2.11. The lowest BCUT2D eigenvalue weighted by Gasteiger charge is -2.07. The number of carbonyl (C=O) groups is 2. The Kier molecular flexibility index (Phi) is 5.10. The molecule has 0 saturated heterocycles. The third-order valence-electron chi connectivity index (χ3n) is 2.06. The summed E-state index contributed by atoms with van der Waals surface area (Å²) >= 11 is 0. The monoisotopic (exact) mass is 255 g/mol. The molecule has 0 saturated carbocycles. The normalized spacial score (nSPS) is 9.89. The molecule has 1 rings (SSSR count). The maximum atomic E-state index is 13.1. The number of amides is 1. The zero-order valence-electron chi connectivity index (χ0n) is 9.90. The molecular formula is C12H14FNO4. The van der Waals surface area contributed by atoms with Crippen LogP contribution in [0.4, 0.5) is 4.39 Å². The van der Waals surface area contributed by atoms with Crippen LogP contribution in [0.5, 0.6) is 5.75 Å². The fraction of sp³-hybridized carbons (Fsp3) is 0.333. The Bertz CT molecular complexity index is 448. The topological polar surface area (TPSA) is 75.6 Å². The number of hydrogen-bond donors (Lipinski definition) is 2. The van der Waals surface area contributed by atoms with E-state index in [0.29, 0.717) is 6.54 Å². The first-order valence-electron chi connectivity index (χ1n) is 5.46. The van der Waals surface area contributed by atoms with Crippen LogP contribution in [0.2, 0.25) is 0 Å². The van der Waals surface area contributed by atoms with Gasteiger partial charge in [0.25, 0.3) is 5.91 Å². The van der Waals surface area contributed by atoms with E-state index in [1.54, 1.807) is 0 Å². The Morgan fingerprint density at radius 2 is 2.11 bits per heavy atom. The average Bonchev–Trinajstić information content (AvgIpc) is 2.33. The second kappa shape index (κ2) is 6.58. The van der Waals surface area contributed by atoms with E-state index < -0.39 is 11.8 Å². The summed E-state index contributed by atoms with van der Waals surface area (Å²) in [5, 5.41) is 11.3. The van der Waals surface area contributed by atoms with Crippen LogP contribution in [0.15, 0.2) is 18.2 Å². The van der Waals surface area contributed by atoms with Gasteiger partial charge in [-0.2, -0.15) is 0 Å². The molecule has 1 aromatic rings. The van der Waals surface area contributed by atoms with Gasteiger partial charge in [-0.3, -0.25) is 4.79 Å². The van der Waals surface area contributed by atoms with Gasteiger partial charge in [0.1, 0.15) is 11.6 Å². The molecule has 0 bridgehead atoms. The van der Waals surface area contributed by atoms with Gasteiger partial charge in [0.2, 0.25) is 0 Å². The predicted molar refractivity (Wildman–Crippen MR) is 62.2 cm³/mol. The first kappa shape index (κ1) is 14.0. The van der Waals surface area contributed by atoms with E-state index >= 15 is 0 Å². The molecule has 0 fully saturated rings. The van der Waals surface area contributed by atoms with Gasteiger partial charge in [0, 0.05) is 12.6 Å². The van der Waals surface area contributed by atoms with E-state index in [9.17, 15) is 14.0 Å². The maximum absolute atomic E-state index is 13.1. The lowest BCUT2D eigenvalue weighted by Crippen LogP contribution is -2.29. The number of ether oxygens (including phenoxy) is 1. The summed E-state index contributed by atoms with van der Waals surface area (Å²) in [6.45, 7) is 2.17. The number of halogens is 1. The van der Waals surface area contributed by atoms with Gasteiger partial charge in [0.15, 0.2) is 6.61 Å². The van der Waals surface area contributed by atoms with Gasteiger partial charge >= 0.3 is 5.97 Å². The Labute approximate surface area is 104 Å². The van der Waals surface area contributed by atoms with Crippen molar-refractivity contribution in [2.45, 2.75) is 13.3 Å². The number of rotatable bonds is 6. The number of benzene rings is 1. The summed E-state index contributed by atoms with van der Waals surface area (Å²) < 4.78 is 18.1. The van der Waals surface area contributed by atoms with Crippen LogP contribution in [-0.4, -0.2) is 30.1 Å². The molecule has 2 N–H and O–H groups in total.